The summed E-state index contributed by atoms with van der Waals surface area (Å²) in [7, 11) is 0. The minimum Gasteiger partial charge on any atom is -0.441 e. The lowest BCUT2D eigenvalue weighted by Gasteiger charge is -2.01. The molecule has 0 fully saturated rings. The number of nitrogens with one attached hydrogen (secondary N) is 1. The molecule has 0 amide bonds. The number of benzene rings is 1. The zero-order valence-electron chi connectivity index (χ0n) is 11.8. The number of hydrogen-bond donors (Lipinski definition) is 1. The molecule has 1 N–H and O–H groups in total. The highest BCUT2D eigenvalue weighted by Crippen LogP contribution is 2.27. The zero-order valence-corrected chi connectivity index (χ0v) is 11.8. The zero-order chi connectivity index (χ0) is 13.8. The number of nitrogens with zero attached hydrogens (tertiary/aromatic N) is 1. The van der Waals surface area contributed by atoms with E-state index in [9.17, 15) is 0 Å². The first-order chi connectivity index (χ1) is 9.86. The number of fused-ring (bicyclic) bond motifs is 1. The second-order valence-electron chi connectivity index (χ2n) is 5.09. The summed E-state index contributed by atoms with van der Waals surface area (Å²) in [6, 6.07) is 6.33. The van der Waals surface area contributed by atoms with Gasteiger partial charge in [-0.2, -0.15) is 0 Å². The summed E-state index contributed by atoms with van der Waals surface area (Å²) in [4.78, 5) is 4.35. The molecule has 0 radical (unpaired) electrons. The van der Waals surface area contributed by atoms with Gasteiger partial charge in [0.25, 0.3) is 0 Å². The molecule has 1 aromatic heterocycles. The van der Waals surface area contributed by atoms with Crippen LogP contribution in [0.2, 0.25) is 0 Å². The van der Waals surface area contributed by atoms with Gasteiger partial charge in [0, 0.05) is 18.5 Å². The molecule has 4 heteroatoms. The summed E-state index contributed by atoms with van der Waals surface area (Å²) < 4.78 is 11.3. The van der Waals surface area contributed by atoms with Gasteiger partial charge in [-0.1, -0.05) is 19.1 Å². The summed E-state index contributed by atoms with van der Waals surface area (Å²) in [5.41, 5.74) is 3.61. The minimum atomic E-state index is 0.700. The first kappa shape index (κ1) is 13.3. The van der Waals surface area contributed by atoms with Gasteiger partial charge < -0.3 is 14.5 Å². The maximum absolute atomic E-state index is 5.82. The van der Waals surface area contributed by atoms with E-state index in [1.54, 1.807) is 0 Å². The Bertz CT molecular complexity index is 578. The normalized spacial score (nSPS) is 13.7. The van der Waals surface area contributed by atoms with Crippen molar-refractivity contribution < 1.29 is 9.15 Å². The molecular formula is C16H20N2O2. The lowest BCUT2D eigenvalue weighted by molar-refractivity contribution is 0.134. The fourth-order valence-corrected chi connectivity index (χ4v) is 2.38. The summed E-state index contributed by atoms with van der Waals surface area (Å²) >= 11 is 0. The molecule has 3 rings (SSSR count). The van der Waals surface area contributed by atoms with Crippen LogP contribution in [0.1, 0.15) is 30.4 Å². The predicted octanol–water partition coefficient (Wildman–Crippen LogP) is 2.91. The van der Waals surface area contributed by atoms with Crippen LogP contribution in [0.5, 0.6) is 0 Å². The lowest BCUT2D eigenvalue weighted by Crippen LogP contribution is -2.17. The Morgan fingerprint density at radius 1 is 1.20 bits per heavy atom. The van der Waals surface area contributed by atoms with Crippen molar-refractivity contribution in [3.05, 3.63) is 41.4 Å². The van der Waals surface area contributed by atoms with Gasteiger partial charge in [-0.05, 0) is 30.2 Å². The number of hydrogen-bond acceptors (Lipinski definition) is 4. The van der Waals surface area contributed by atoms with Gasteiger partial charge in [0.2, 0.25) is 0 Å². The van der Waals surface area contributed by atoms with E-state index in [1.165, 1.54) is 11.1 Å². The van der Waals surface area contributed by atoms with Crippen LogP contribution in [0.4, 0.5) is 0 Å². The van der Waals surface area contributed by atoms with Crippen LogP contribution < -0.4 is 5.32 Å². The van der Waals surface area contributed by atoms with Crippen LogP contribution in [0.15, 0.2) is 28.8 Å². The maximum Gasteiger partial charge on any atom is 0.196 e. The third-order valence-corrected chi connectivity index (χ3v) is 3.50. The topological polar surface area (TPSA) is 47.3 Å². The molecule has 0 spiro atoms. The fraction of sp³-hybridized carbons (Fsp3) is 0.438. The number of ether oxygens (including phenoxy) is 1. The van der Waals surface area contributed by atoms with Crippen molar-refractivity contribution in [1.82, 2.24) is 10.3 Å². The first-order valence-electron chi connectivity index (χ1n) is 7.22. The van der Waals surface area contributed by atoms with E-state index in [4.69, 9.17) is 9.15 Å². The van der Waals surface area contributed by atoms with E-state index in [1.807, 2.05) is 6.20 Å². The largest absolute Gasteiger partial charge is 0.441 e. The van der Waals surface area contributed by atoms with Gasteiger partial charge in [0.15, 0.2) is 11.7 Å². The van der Waals surface area contributed by atoms with E-state index in [0.717, 1.165) is 49.8 Å². The Labute approximate surface area is 119 Å². The highest BCUT2D eigenvalue weighted by Gasteiger charge is 2.13. The van der Waals surface area contributed by atoms with Crippen molar-refractivity contribution in [2.75, 3.05) is 13.1 Å². The number of aromatic nitrogens is 1. The van der Waals surface area contributed by atoms with E-state index < -0.39 is 0 Å². The molecule has 1 aliphatic heterocycles. The molecular weight excluding hydrogens is 252 g/mol. The van der Waals surface area contributed by atoms with E-state index in [2.05, 4.69) is 35.4 Å². The van der Waals surface area contributed by atoms with E-state index in [0.29, 0.717) is 6.61 Å². The van der Waals surface area contributed by atoms with Gasteiger partial charge >= 0.3 is 0 Å². The summed E-state index contributed by atoms with van der Waals surface area (Å²) in [6.07, 6.45) is 3.79. The van der Waals surface area contributed by atoms with Crippen molar-refractivity contribution in [2.45, 2.75) is 33.0 Å². The first-order valence-corrected chi connectivity index (χ1v) is 7.22. The Kier molecular flexibility index (Phi) is 4.14. The summed E-state index contributed by atoms with van der Waals surface area (Å²) in [6.45, 7) is 5.53. The Balaban J connectivity index is 1.67. The van der Waals surface area contributed by atoms with Gasteiger partial charge in [0.05, 0.1) is 19.4 Å². The quantitative estimate of drug-likeness (QED) is 0.821. The monoisotopic (exact) mass is 272 g/mol. The maximum atomic E-state index is 5.82. The lowest BCUT2D eigenvalue weighted by atomic mass is 10.1. The molecule has 0 saturated carbocycles. The molecule has 0 unspecified atom stereocenters. The Hall–Kier alpha value is -1.65. The third kappa shape index (κ3) is 2.92. The second-order valence-corrected chi connectivity index (χ2v) is 5.09. The number of rotatable bonds is 6. The standard InChI is InChI=1S/C16H20N2O2/c1-2-6-17-7-5-16-18-9-15(20-16)12-3-4-13-10-19-11-14(13)8-12/h3-4,8-9,17H,2,5-7,10-11H2,1H3. The average molecular weight is 272 g/mol. The van der Waals surface area contributed by atoms with Crippen LogP contribution in [-0.4, -0.2) is 18.1 Å². The molecule has 0 aliphatic carbocycles. The number of oxazole rings is 1. The molecule has 106 valence electrons. The van der Waals surface area contributed by atoms with Crippen molar-refractivity contribution in [3.63, 3.8) is 0 Å². The molecule has 0 saturated heterocycles. The second kappa shape index (κ2) is 6.20. The van der Waals surface area contributed by atoms with Crippen LogP contribution in [0.25, 0.3) is 11.3 Å². The molecule has 2 heterocycles. The van der Waals surface area contributed by atoms with Crippen LogP contribution in [0.3, 0.4) is 0 Å². The van der Waals surface area contributed by atoms with Gasteiger partial charge in [-0.15, -0.1) is 0 Å². The Morgan fingerprint density at radius 3 is 3.00 bits per heavy atom. The van der Waals surface area contributed by atoms with Gasteiger partial charge in [0.1, 0.15) is 0 Å². The Morgan fingerprint density at radius 2 is 2.10 bits per heavy atom. The molecule has 0 atom stereocenters. The highest BCUT2D eigenvalue weighted by molar-refractivity contribution is 5.59. The van der Waals surface area contributed by atoms with Crippen molar-refractivity contribution in [1.29, 1.82) is 0 Å². The molecule has 0 bridgehead atoms. The summed E-state index contributed by atoms with van der Waals surface area (Å²) in [5, 5.41) is 3.35. The third-order valence-electron chi connectivity index (χ3n) is 3.50. The van der Waals surface area contributed by atoms with Gasteiger partial charge in [-0.25, -0.2) is 4.98 Å². The van der Waals surface area contributed by atoms with Crippen molar-refractivity contribution >= 4 is 0 Å². The minimum absolute atomic E-state index is 0.700. The van der Waals surface area contributed by atoms with Gasteiger partial charge in [-0.3, -0.25) is 0 Å². The molecule has 1 aliphatic rings. The van der Waals surface area contributed by atoms with E-state index >= 15 is 0 Å². The van der Waals surface area contributed by atoms with Crippen LogP contribution >= 0.6 is 0 Å². The highest BCUT2D eigenvalue weighted by atomic mass is 16.5. The van der Waals surface area contributed by atoms with Crippen molar-refractivity contribution in [2.24, 2.45) is 0 Å². The molecule has 2 aromatic rings. The summed E-state index contributed by atoms with van der Waals surface area (Å²) in [5.74, 6) is 1.63. The molecule has 1 aromatic carbocycles. The molecule has 4 nitrogen and oxygen atoms in total. The average Bonchev–Trinajstić information content (AvgIpc) is 3.11. The van der Waals surface area contributed by atoms with Crippen LogP contribution in [-0.2, 0) is 24.4 Å². The van der Waals surface area contributed by atoms with E-state index in [-0.39, 0.29) is 0 Å². The predicted molar refractivity (Wildman–Crippen MR) is 77.3 cm³/mol. The molecule has 20 heavy (non-hydrogen) atoms. The SMILES string of the molecule is CCCNCCc1ncc(-c2ccc3c(c2)COC3)o1. The van der Waals surface area contributed by atoms with Crippen molar-refractivity contribution in [3.8, 4) is 11.3 Å². The van der Waals surface area contributed by atoms with Crippen LogP contribution in [0, 0.1) is 0 Å². The smallest absolute Gasteiger partial charge is 0.196 e. The fourth-order valence-electron chi connectivity index (χ4n) is 2.38.